The fourth-order valence-corrected chi connectivity index (χ4v) is 4.39. The summed E-state index contributed by atoms with van der Waals surface area (Å²) in [6, 6.07) is 0. The molecule has 32 heavy (non-hydrogen) atoms. The van der Waals surface area contributed by atoms with Crippen LogP contribution < -0.4 is 4.90 Å². The van der Waals surface area contributed by atoms with Gasteiger partial charge in [-0.25, -0.2) is 4.98 Å². The second-order valence-electron chi connectivity index (χ2n) is 9.44. The van der Waals surface area contributed by atoms with Crippen molar-refractivity contribution in [1.82, 2.24) is 19.5 Å². The molecule has 0 saturated carbocycles. The first-order valence-electron chi connectivity index (χ1n) is 11.3. The Kier molecular flexibility index (Phi) is 6.88. The molecule has 2 saturated heterocycles. The number of carbonyl (C=O) groups is 1. The number of hydrogen-bond donors (Lipinski definition) is 0. The Morgan fingerprint density at radius 2 is 1.94 bits per heavy atom. The van der Waals surface area contributed by atoms with Gasteiger partial charge in [-0.05, 0) is 51.6 Å². The molecule has 0 bridgehead atoms. The smallest absolute Gasteiger partial charge is 0.307 e. The lowest BCUT2D eigenvalue weighted by Gasteiger charge is -2.28. The van der Waals surface area contributed by atoms with Crippen LogP contribution in [0.1, 0.15) is 71.3 Å². The van der Waals surface area contributed by atoms with E-state index in [9.17, 15) is 4.79 Å². The number of carbonyl (C=O) groups excluding carboxylic acids is 1. The summed E-state index contributed by atoms with van der Waals surface area (Å²) in [6.07, 6.45) is 2.95. The fourth-order valence-electron chi connectivity index (χ4n) is 4.23. The van der Waals surface area contributed by atoms with Crippen molar-refractivity contribution < 1.29 is 19.0 Å². The predicted molar refractivity (Wildman–Crippen MR) is 121 cm³/mol. The van der Waals surface area contributed by atoms with E-state index in [0.717, 1.165) is 25.1 Å². The highest BCUT2D eigenvalue weighted by Gasteiger charge is 2.30. The van der Waals surface area contributed by atoms with E-state index in [4.69, 9.17) is 30.8 Å². The maximum Gasteiger partial charge on any atom is 0.307 e. The Bertz CT molecular complexity index is 961. The highest BCUT2D eigenvalue weighted by molar-refractivity contribution is 6.28. The van der Waals surface area contributed by atoms with Gasteiger partial charge in [0.05, 0.1) is 19.6 Å². The van der Waals surface area contributed by atoms with Crippen LogP contribution in [0, 0.1) is 0 Å². The molecule has 2 fully saturated rings. The molecule has 2 aliphatic heterocycles. The van der Waals surface area contributed by atoms with E-state index in [1.165, 1.54) is 0 Å². The fraction of sp³-hybridized carbons (Fsp3) is 0.727. The molecule has 2 aromatic heterocycles. The van der Waals surface area contributed by atoms with E-state index in [2.05, 4.69) is 14.9 Å². The Morgan fingerprint density at radius 1 is 1.19 bits per heavy atom. The lowest BCUT2D eigenvalue weighted by molar-refractivity contribution is -0.155. The van der Waals surface area contributed by atoms with Gasteiger partial charge in [-0.2, -0.15) is 9.97 Å². The number of anilines is 1. The highest BCUT2D eigenvalue weighted by atomic mass is 35.5. The number of morpholine rings is 1. The van der Waals surface area contributed by atoms with Crippen molar-refractivity contribution in [1.29, 1.82) is 0 Å². The lowest BCUT2D eigenvalue weighted by atomic mass is 10.1. The van der Waals surface area contributed by atoms with Crippen LogP contribution in [0.2, 0.25) is 5.28 Å². The topological polar surface area (TPSA) is 91.6 Å². The first-order chi connectivity index (χ1) is 15.2. The molecule has 0 amide bonds. The van der Waals surface area contributed by atoms with Crippen LogP contribution in [0.25, 0.3) is 11.2 Å². The van der Waals surface area contributed by atoms with Gasteiger partial charge in [0, 0.05) is 25.6 Å². The first kappa shape index (κ1) is 23.2. The minimum absolute atomic E-state index is 0.169. The highest BCUT2D eigenvalue weighted by Crippen LogP contribution is 2.35. The summed E-state index contributed by atoms with van der Waals surface area (Å²) in [6.45, 7) is 10.9. The zero-order chi connectivity index (χ0) is 22.9. The minimum Gasteiger partial charge on any atom is -0.460 e. The third kappa shape index (κ3) is 5.15. The van der Waals surface area contributed by atoms with E-state index < -0.39 is 5.60 Å². The van der Waals surface area contributed by atoms with Gasteiger partial charge in [-0.3, -0.25) is 9.36 Å². The number of ether oxygens (including phenoxy) is 3. The summed E-state index contributed by atoms with van der Waals surface area (Å²) in [5.74, 6) is 0.985. The zero-order valence-electron chi connectivity index (χ0n) is 19.3. The van der Waals surface area contributed by atoms with Crippen LogP contribution in [0.4, 0.5) is 5.82 Å². The van der Waals surface area contributed by atoms with Crippen LogP contribution in [0.5, 0.6) is 0 Å². The number of hydrogen-bond acceptors (Lipinski definition) is 8. The van der Waals surface area contributed by atoms with Gasteiger partial charge in [-0.15, -0.1) is 0 Å². The van der Waals surface area contributed by atoms with E-state index in [0.29, 0.717) is 49.9 Å². The van der Waals surface area contributed by atoms with E-state index in [1.807, 2.05) is 32.3 Å². The average Bonchev–Trinajstić information content (AvgIpc) is 3.12. The summed E-state index contributed by atoms with van der Waals surface area (Å²) in [7, 11) is 0. The molecule has 0 aromatic carbocycles. The Balaban J connectivity index is 1.77. The normalized spacial score (nSPS) is 21.0. The predicted octanol–water partition coefficient (Wildman–Crippen LogP) is 3.85. The van der Waals surface area contributed by atoms with Crippen molar-refractivity contribution in [2.24, 2.45) is 0 Å². The minimum atomic E-state index is -0.536. The summed E-state index contributed by atoms with van der Waals surface area (Å²) in [5, 5.41) is 0.169. The summed E-state index contributed by atoms with van der Waals surface area (Å²) >= 11 is 6.36. The van der Waals surface area contributed by atoms with Gasteiger partial charge in [-0.1, -0.05) is 6.92 Å². The van der Waals surface area contributed by atoms with Crippen LogP contribution in [0.3, 0.4) is 0 Å². The maximum absolute atomic E-state index is 12.6. The number of imidazole rings is 1. The van der Waals surface area contributed by atoms with Crippen LogP contribution >= 0.6 is 11.6 Å². The zero-order valence-corrected chi connectivity index (χ0v) is 20.0. The average molecular weight is 466 g/mol. The molecule has 10 heteroatoms. The van der Waals surface area contributed by atoms with Crippen LogP contribution in [-0.4, -0.2) is 64.0 Å². The molecule has 0 N–H and O–H groups in total. The van der Waals surface area contributed by atoms with E-state index >= 15 is 0 Å². The third-order valence-corrected chi connectivity index (χ3v) is 5.78. The molecular weight excluding hydrogens is 434 g/mol. The summed E-state index contributed by atoms with van der Waals surface area (Å²) < 4.78 is 19.2. The van der Waals surface area contributed by atoms with Gasteiger partial charge < -0.3 is 19.1 Å². The van der Waals surface area contributed by atoms with Gasteiger partial charge in [0.2, 0.25) is 5.28 Å². The lowest BCUT2D eigenvalue weighted by Crippen LogP contribution is -2.37. The molecule has 0 aliphatic carbocycles. The quantitative estimate of drug-likeness (QED) is 0.485. The van der Waals surface area contributed by atoms with E-state index in [-0.39, 0.29) is 29.8 Å². The van der Waals surface area contributed by atoms with Crippen LogP contribution in [0.15, 0.2) is 0 Å². The number of nitrogens with zero attached hydrogens (tertiary/aromatic N) is 5. The van der Waals surface area contributed by atoms with Crippen LogP contribution in [-0.2, 0) is 19.0 Å². The number of halogens is 1. The second kappa shape index (κ2) is 9.49. The third-order valence-electron chi connectivity index (χ3n) is 5.61. The van der Waals surface area contributed by atoms with Crippen molar-refractivity contribution in [2.45, 2.75) is 71.1 Å². The van der Waals surface area contributed by atoms with Gasteiger partial charge in [0.25, 0.3) is 0 Å². The molecule has 0 radical (unpaired) electrons. The molecule has 4 rings (SSSR count). The SMILES string of the molecule is CC(CC(=O)OC(C)(C)C)c1nc2c(N3CCOCC3)nc(Cl)nc2n1C1CCCCO1. The molecule has 2 aliphatic rings. The number of fused-ring (bicyclic) bond motifs is 1. The standard InChI is InChI=1S/C22H32ClN5O4/c1-14(13-16(29)32-22(2,3)4)18-24-17-19(27-8-11-30-12-9-27)25-21(23)26-20(17)28(18)15-7-5-6-10-31-15/h14-15H,5-13H2,1-4H3. The summed E-state index contributed by atoms with van der Waals surface area (Å²) in [4.78, 5) is 28.7. The van der Waals surface area contributed by atoms with Crippen molar-refractivity contribution in [3.8, 4) is 0 Å². The Labute approximate surface area is 193 Å². The van der Waals surface area contributed by atoms with Gasteiger partial charge >= 0.3 is 5.97 Å². The maximum atomic E-state index is 12.6. The number of esters is 1. The molecule has 2 aromatic rings. The Hall–Kier alpha value is -1.97. The van der Waals surface area contributed by atoms with Crippen molar-refractivity contribution in [3.05, 3.63) is 11.1 Å². The molecule has 176 valence electrons. The van der Waals surface area contributed by atoms with Crippen molar-refractivity contribution in [2.75, 3.05) is 37.8 Å². The second-order valence-corrected chi connectivity index (χ2v) is 9.78. The largest absolute Gasteiger partial charge is 0.460 e. The molecule has 2 atom stereocenters. The Morgan fingerprint density at radius 3 is 2.59 bits per heavy atom. The van der Waals surface area contributed by atoms with E-state index in [1.54, 1.807) is 0 Å². The molecule has 2 unspecified atom stereocenters. The molecule has 0 spiro atoms. The molecule has 9 nitrogen and oxygen atoms in total. The first-order valence-corrected chi connectivity index (χ1v) is 11.7. The van der Waals surface area contributed by atoms with Crippen molar-refractivity contribution >= 4 is 34.6 Å². The van der Waals surface area contributed by atoms with Crippen molar-refractivity contribution in [3.63, 3.8) is 0 Å². The monoisotopic (exact) mass is 465 g/mol. The molecule has 4 heterocycles. The van der Waals surface area contributed by atoms with Gasteiger partial charge in [0.15, 0.2) is 17.0 Å². The van der Waals surface area contributed by atoms with Gasteiger partial charge in [0.1, 0.15) is 17.7 Å². The number of rotatable bonds is 5. The number of aromatic nitrogens is 4. The summed E-state index contributed by atoms with van der Waals surface area (Å²) in [5.41, 5.74) is 0.785. The molecular formula is C22H32ClN5O4.